The first-order valence-electron chi connectivity index (χ1n) is 5.74. The molecule has 0 heterocycles. The normalized spacial score (nSPS) is 12.4. The van der Waals surface area contributed by atoms with Crippen LogP contribution in [0.2, 0.25) is 5.02 Å². The highest BCUT2D eigenvalue weighted by atomic mass is 35.5. The average molecular weight is 275 g/mol. The second-order valence-corrected chi connectivity index (χ2v) is 7.83. The molecule has 1 aromatic carbocycles. The first kappa shape index (κ1) is 14.5. The number of sulfone groups is 1. The van der Waals surface area contributed by atoms with Crippen LogP contribution in [0, 0.1) is 0 Å². The van der Waals surface area contributed by atoms with Crippen LogP contribution in [0.1, 0.15) is 44.7 Å². The second-order valence-electron chi connectivity index (χ2n) is 4.87. The van der Waals surface area contributed by atoms with Crippen molar-refractivity contribution in [1.82, 2.24) is 0 Å². The molecule has 0 bridgehead atoms. The number of hydrogen-bond donors (Lipinski definition) is 0. The Labute approximate surface area is 109 Å². The Morgan fingerprint density at radius 3 is 2.18 bits per heavy atom. The van der Waals surface area contributed by atoms with Gasteiger partial charge in [-0.25, -0.2) is 8.42 Å². The van der Waals surface area contributed by atoms with Gasteiger partial charge in [0.1, 0.15) is 0 Å². The highest BCUT2D eigenvalue weighted by Crippen LogP contribution is 2.26. The van der Waals surface area contributed by atoms with Gasteiger partial charge in [0.05, 0.1) is 11.0 Å². The summed E-state index contributed by atoms with van der Waals surface area (Å²) in [5.41, 5.74) is 1.81. The summed E-state index contributed by atoms with van der Waals surface area (Å²) < 4.78 is 23.6. The topological polar surface area (TPSA) is 34.1 Å². The van der Waals surface area contributed by atoms with Gasteiger partial charge in [-0.15, -0.1) is 0 Å². The molecule has 1 rings (SSSR count). The van der Waals surface area contributed by atoms with Gasteiger partial charge in [0.15, 0.2) is 9.84 Å². The van der Waals surface area contributed by atoms with E-state index in [1.165, 1.54) is 0 Å². The second kappa shape index (κ2) is 5.40. The van der Waals surface area contributed by atoms with Crippen LogP contribution in [-0.4, -0.2) is 13.7 Å². The summed E-state index contributed by atoms with van der Waals surface area (Å²) in [6, 6.07) is 5.52. The third kappa shape index (κ3) is 3.71. The molecule has 0 radical (unpaired) electrons. The van der Waals surface area contributed by atoms with Gasteiger partial charge < -0.3 is 0 Å². The molecule has 0 aromatic heterocycles. The van der Waals surface area contributed by atoms with Gasteiger partial charge in [0.25, 0.3) is 0 Å². The van der Waals surface area contributed by atoms with Gasteiger partial charge in [-0.2, -0.15) is 0 Å². The van der Waals surface area contributed by atoms with Crippen molar-refractivity contribution in [2.45, 2.75) is 44.6 Å². The van der Waals surface area contributed by atoms with Crippen LogP contribution in [0.15, 0.2) is 18.2 Å². The number of halogens is 1. The molecule has 1 aromatic rings. The molecule has 0 saturated carbocycles. The predicted octanol–water partition coefficient (Wildman–Crippen LogP) is 3.79. The first-order chi connectivity index (χ1) is 7.74. The van der Waals surface area contributed by atoms with Gasteiger partial charge in [0, 0.05) is 5.02 Å². The van der Waals surface area contributed by atoms with E-state index in [2.05, 4.69) is 13.8 Å². The minimum absolute atomic E-state index is 0.0583. The fraction of sp³-hybridized carbons (Fsp3) is 0.538. The molecule has 0 saturated heterocycles. The van der Waals surface area contributed by atoms with Gasteiger partial charge in [-0.1, -0.05) is 37.6 Å². The van der Waals surface area contributed by atoms with E-state index in [0.29, 0.717) is 10.9 Å². The van der Waals surface area contributed by atoms with Crippen LogP contribution in [0.4, 0.5) is 0 Å². The SMILES string of the molecule is CC(C)c1ccc(CS(=O)(=O)C(C)C)cc1Cl. The van der Waals surface area contributed by atoms with Gasteiger partial charge >= 0.3 is 0 Å². The number of benzene rings is 1. The maximum Gasteiger partial charge on any atom is 0.156 e. The maximum absolute atomic E-state index is 11.8. The van der Waals surface area contributed by atoms with E-state index >= 15 is 0 Å². The van der Waals surface area contributed by atoms with E-state index in [1.807, 2.05) is 12.1 Å². The lowest BCUT2D eigenvalue weighted by Crippen LogP contribution is -2.16. The monoisotopic (exact) mass is 274 g/mol. The van der Waals surface area contributed by atoms with E-state index in [0.717, 1.165) is 11.1 Å². The van der Waals surface area contributed by atoms with E-state index < -0.39 is 9.84 Å². The van der Waals surface area contributed by atoms with E-state index in [-0.39, 0.29) is 11.0 Å². The summed E-state index contributed by atoms with van der Waals surface area (Å²) >= 11 is 6.14. The molecule has 0 fully saturated rings. The summed E-state index contributed by atoms with van der Waals surface area (Å²) in [5, 5.41) is 0.294. The average Bonchev–Trinajstić information content (AvgIpc) is 2.15. The van der Waals surface area contributed by atoms with Crippen molar-refractivity contribution in [1.29, 1.82) is 0 Å². The summed E-state index contributed by atoms with van der Waals surface area (Å²) in [6.45, 7) is 7.51. The maximum atomic E-state index is 11.8. The molecule has 0 amide bonds. The Morgan fingerprint density at radius 2 is 1.76 bits per heavy atom. The molecule has 96 valence electrons. The summed E-state index contributed by atoms with van der Waals surface area (Å²) in [7, 11) is -3.06. The van der Waals surface area contributed by atoms with Gasteiger partial charge in [-0.05, 0) is 37.0 Å². The fourth-order valence-electron chi connectivity index (χ4n) is 1.53. The quantitative estimate of drug-likeness (QED) is 0.837. The molecule has 0 spiro atoms. The lowest BCUT2D eigenvalue weighted by atomic mass is 10.0. The Bertz CT molecular complexity index is 490. The third-order valence-corrected chi connectivity index (χ3v) is 5.27. The zero-order valence-electron chi connectivity index (χ0n) is 10.7. The van der Waals surface area contributed by atoms with Crippen molar-refractivity contribution in [3.8, 4) is 0 Å². The standard InChI is InChI=1S/C13H19ClO2S/c1-9(2)12-6-5-11(7-13(12)14)8-17(15,16)10(3)4/h5-7,9-10H,8H2,1-4H3. The fourth-order valence-corrected chi connectivity index (χ4v) is 2.93. The lowest BCUT2D eigenvalue weighted by molar-refractivity contribution is 0.586. The molecule has 17 heavy (non-hydrogen) atoms. The van der Waals surface area contributed by atoms with E-state index in [1.54, 1.807) is 19.9 Å². The third-order valence-electron chi connectivity index (χ3n) is 2.77. The van der Waals surface area contributed by atoms with Crippen molar-refractivity contribution >= 4 is 21.4 Å². The number of hydrogen-bond acceptors (Lipinski definition) is 2. The minimum Gasteiger partial charge on any atom is -0.228 e. The molecule has 0 aliphatic carbocycles. The van der Waals surface area contributed by atoms with E-state index in [4.69, 9.17) is 11.6 Å². The van der Waals surface area contributed by atoms with Crippen molar-refractivity contribution in [3.05, 3.63) is 34.3 Å². The van der Waals surface area contributed by atoms with E-state index in [9.17, 15) is 8.42 Å². The Kier molecular flexibility index (Phi) is 4.62. The van der Waals surface area contributed by atoms with Crippen molar-refractivity contribution in [3.63, 3.8) is 0 Å². The molecule has 0 unspecified atom stereocenters. The summed E-state index contributed by atoms with van der Waals surface area (Å²) in [6.07, 6.45) is 0. The Balaban J connectivity index is 3.00. The lowest BCUT2D eigenvalue weighted by Gasteiger charge is -2.11. The molecular formula is C13H19ClO2S. The molecular weight excluding hydrogens is 256 g/mol. The van der Waals surface area contributed by atoms with Crippen molar-refractivity contribution in [2.24, 2.45) is 0 Å². The largest absolute Gasteiger partial charge is 0.228 e. The Morgan fingerprint density at radius 1 is 1.18 bits per heavy atom. The molecule has 0 N–H and O–H groups in total. The molecule has 0 aliphatic heterocycles. The van der Waals surface area contributed by atoms with Crippen LogP contribution in [0.3, 0.4) is 0 Å². The molecule has 0 aliphatic rings. The van der Waals surface area contributed by atoms with Crippen molar-refractivity contribution in [2.75, 3.05) is 0 Å². The van der Waals surface area contributed by atoms with Crippen LogP contribution in [0.5, 0.6) is 0 Å². The summed E-state index contributed by atoms with van der Waals surface area (Å²) in [5.74, 6) is 0.404. The predicted molar refractivity (Wildman–Crippen MR) is 73.3 cm³/mol. The minimum atomic E-state index is -3.06. The summed E-state index contributed by atoms with van der Waals surface area (Å²) in [4.78, 5) is 0. The van der Waals surface area contributed by atoms with Crippen LogP contribution < -0.4 is 0 Å². The molecule has 0 atom stereocenters. The first-order valence-corrected chi connectivity index (χ1v) is 7.83. The number of rotatable bonds is 4. The van der Waals surface area contributed by atoms with Crippen LogP contribution in [0.25, 0.3) is 0 Å². The zero-order valence-corrected chi connectivity index (χ0v) is 12.3. The zero-order chi connectivity index (χ0) is 13.2. The highest BCUT2D eigenvalue weighted by molar-refractivity contribution is 7.91. The van der Waals surface area contributed by atoms with Gasteiger partial charge in [-0.3, -0.25) is 0 Å². The van der Waals surface area contributed by atoms with Crippen molar-refractivity contribution < 1.29 is 8.42 Å². The smallest absolute Gasteiger partial charge is 0.156 e. The molecule has 2 nitrogen and oxygen atoms in total. The van der Waals surface area contributed by atoms with Crippen LogP contribution >= 0.6 is 11.6 Å². The molecule has 4 heteroatoms. The van der Waals surface area contributed by atoms with Gasteiger partial charge in [0.2, 0.25) is 0 Å². The Hall–Kier alpha value is -0.540. The highest BCUT2D eigenvalue weighted by Gasteiger charge is 2.17. The van der Waals surface area contributed by atoms with Crippen LogP contribution in [-0.2, 0) is 15.6 Å².